The van der Waals surface area contributed by atoms with Crippen molar-refractivity contribution in [1.29, 1.82) is 0 Å². The minimum atomic E-state index is -0.623. The van der Waals surface area contributed by atoms with Crippen LogP contribution in [0.2, 0.25) is 0 Å². The van der Waals surface area contributed by atoms with Crippen molar-refractivity contribution in [2.45, 2.75) is 45.6 Å². The molecule has 198 valence electrons. The van der Waals surface area contributed by atoms with Crippen LogP contribution in [0.15, 0.2) is 55.1 Å². The van der Waals surface area contributed by atoms with Gasteiger partial charge in [0.2, 0.25) is 17.7 Å². The molecule has 8 heteroatoms. The summed E-state index contributed by atoms with van der Waals surface area (Å²) in [5.74, 6) is -0.336. The molecule has 0 aromatic heterocycles. The number of amides is 4. The molecule has 1 fully saturated rings. The molecular formula is C29H38N4O4. The quantitative estimate of drug-likeness (QED) is 0.361. The molecule has 1 heterocycles. The summed E-state index contributed by atoms with van der Waals surface area (Å²) in [7, 11) is 0. The minimum Gasteiger partial charge on any atom is -0.353 e. The third kappa shape index (κ3) is 7.90. The van der Waals surface area contributed by atoms with Crippen molar-refractivity contribution in [1.82, 2.24) is 20.4 Å². The van der Waals surface area contributed by atoms with E-state index in [1.54, 1.807) is 9.80 Å². The number of unbranched alkanes of at least 4 members (excludes halogenated alkanes) is 1. The van der Waals surface area contributed by atoms with Gasteiger partial charge in [-0.25, -0.2) is 0 Å². The van der Waals surface area contributed by atoms with Gasteiger partial charge in [-0.1, -0.05) is 56.8 Å². The predicted octanol–water partition coefficient (Wildman–Crippen LogP) is 3.13. The molecule has 0 aliphatic carbocycles. The van der Waals surface area contributed by atoms with Gasteiger partial charge < -0.3 is 20.4 Å². The fraction of sp³-hybridized carbons (Fsp3) is 0.448. The molecule has 2 N–H and O–H groups in total. The average molecular weight is 507 g/mol. The Morgan fingerprint density at radius 3 is 2.32 bits per heavy atom. The number of carbonyl (C=O) groups excluding carboxylic acids is 4. The zero-order valence-corrected chi connectivity index (χ0v) is 21.9. The number of carbonyl (C=O) groups is 4. The van der Waals surface area contributed by atoms with E-state index in [4.69, 9.17) is 0 Å². The maximum absolute atomic E-state index is 13.4. The van der Waals surface area contributed by atoms with Gasteiger partial charge in [-0.3, -0.25) is 19.2 Å². The molecule has 0 spiro atoms. The third-order valence-corrected chi connectivity index (χ3v) is 6.53. The highest BCUT2D eigenvalue weighted by Gasteiger charge is 2.30. The maximum Gasteiger partial charge on any atom is 0.254 e. The van der Waals surface area contributed by atoms with Crippen molar-refractivity contribution in [2.24, 2.45) is 5.92 Å². The molecule has 0 saturated carbocycles. The zero-order chi connectivity index (χ0) is 26.8. The third-order valence-electron chi connectivity index (χ3n) is 6.53. The lowest BCUT2D eigenvalue weighted by atomic mass is 10.0. The monoisotopic (exact) mass is 506 g/mol. The van der Waals surface area contributed by atoms with Crippen LogP contribution in [-0.2, 0) is 14.4 Å². The normalized spacial score (nSPS) is 14.4. The van der Waals surface area contributed by atoms with Gasteiger partial charge in [-0.2, -0.15) is 0 Å². The molecule has 2 aromatic rings. The Balaban J connectivity index is 1.59. The lowest BCUT2D eigenvalue weighted by Crippen LogP contribution is -2.56. The Bertz CT molecular complexity index is 1120. The second-order valence-corrected chi connectivity index (χ2v) is 9.85. The van der Waals surface area contributed by atoms with Crippen LogP contribution >= 0.6 is 0 Å². The summed E-state index contributed by atoms with van der Waals surface area (Å²) in [5, 5.41) is 7.59. The summed E-state index contributed by atoms with van der Waals surface area (Å²) in [6.45, 7) is 9.56. The number of piperazine rings is 1. The minimum absolute atomic E-state index is 0.0349. The highest BCUT2D eigenvalue weighted by molar-refractivity contribution is 6.07. The van der Waals surface area contributed by atoms with Gasteiger partial charge >= 0.3 is 0 Å². The summed E-state index contributed by atoms with van der Waals surface area (Å²) in [6, 6.07) is 12.9. The van der Waals surface area contributed by atoms with Gasteiger partial charge in [0.25, 0.3) is 5.91 Å². The molecule has 1 saturated heterocycles. The van der Waals surface area contributed by atoms with Gasteiger partial charge in [-0.15, -0.1) is 0 Å². The summed E-state index contributed by atoms with van der Waals surface area (Å²) in [5.41, 5.74) is 0.667. The van der Waals surface area contributed by atoms with E-state index in [1.165, 1.54) is 6.08 Å². The predicted molar refractivity (Wildman–Crippen MR) is 145 cm³/mol. The Morgan fingerprint density at radius 2 is 1.62 bits per heavy atom. The van der Waals surface area contributed by atoms with Crippen molar-refractivity contribution in [2.75, 3.05) is 32.7 Å². The molecule has 0 unspecified atom stereocenters. The number of fused-ring (bicyclic) bond motifs is 1. The fourth-order valence-corrected chi connectivity index (χ4v) is 4.57. The number of nitrogens with one attached hydrogen (secondary N) is 2. The number of hydrogen-bond acceptors (Lipinski definition) is 4. The standard InChI is InChI=1S/C29H38N4O4/c1-4-26(34)30-15-8-7-14-25(31-27(35)20-21(2)3)29(37)33-18-16-32(17-19-33)28(36)24-13-9-11-22-10-5-6-12-23(22)24/h4-6,9-13,21,25H,1,7-8,14-20H2,2-3H3,(H,30,34)(H,31,35)/t25-/m0/s1. The van der Waals surface area contributed by atoms with Crippen LogP contribution in [0.4, 0.5) is 0 Å². The van der Waals surface area contributed by atoms with Gasteiger partial charge in [0, 0.05) is 44.7 Å². The molecule has 2 aromatic carbocycles. The van der Waals surface area contributed by atoms with Crippen LogP contribution in [0.25, 0.3) is 10.8 Å². The molecule has 1 aliphatic heterocycles. The van der Waals surface area contributed by atoms with E-state index >= 15 is 0 Å². The van der Waals surface area contributed by atoms with E-state index in [-0.39, 0.29) is 29.5 Å². The summed E-state index contributed by atoms with van der Waals surface area (Å²) < 4.78 is 0. The number of nitrogens with zero attached hydrogens (tertiary/aromatic N) is 2. The van der Waals surface area contributed by atoms with Gasteiger partial charge in [0.05, 0.1) is 0 Å². The van der Waals surface area contributed by atoms with Gasteiger partial charge in [0.1, 0.15) is 6.04 Å². The summed E-state index contributed by atoms with van der Waals surface area (Å²) >= 11 is 0. The Kier molecular flexibility index (Phi) is 10.2. The second-order valence-electron chi connectivity index (χ2n) is 9.85. The maximum atomic E-state index is 13.4. The highest BCUT2D eigenvalue weighted by Crippen LogP contribution is 2.21. The van der Waals surface area contributed by atoms with E-state index in [9.17, 15) is 19.2 Å². The van der Waals surface area contributed by atoms with E-state index in [1.807, 2.05) is 56.3 Å². The first-order chi connectivity index (χ1) is 17.8. The molecule has 0 bridgehead atoms. The molecule has 8 nitrogen and oxygen atoms in total. The molecule has 1 aliphatic rings. The van der Waals surface area contributed by atoms with Crippen LogP contribution in [0.5, 0.6) is 0 Å². The van der Waals surface area contributed by atoms with Crippen LogP contribution in [0.1, 0.15) is 49.9 Å². The van der Waals surface area contributed by atoms with E-state index in [0.29, 0.717) is 64.0 Å². The van der Waals surface area contributed by atoms with Crippen molar-refractivity contribution < 1.29 is 19.2 Å². The topological polar surface area (TPSA) is 98.8 Å². The van der Waals surface area contributed by atoms with Gasteiger partial charge in [0.15, 0.2) is 0 Å². The first-order valence-corrected chi connectivity index (χ1v) is 13.1. The van der Waals surface area contributed by atoms with Crippen LogP contribution in [0, 0.1) is 5.92 Å². The number of rotatable bonds is 11. The van der Waals surface area contributed by atoms with Crippen molar-refractivity contribution >= 4 is 34.4 Å². The first kappa shape index (κ1) is 27.9. The second kappa shape index (κ2) is 13.6. The average Bonchev–Trinajstić information content (AvgIpc) is 2.90. The Labute approximate surface area is 219 Å². The fourth-order valence-electron chi connectivity index (χ4n) is 4.57. The SMILES string of the molecule is C=CC(=O)NCCCC[C@H](NC(=O)CC(C)C)C(=O)N1CCN(C(=O)c2cccc3ccccc23)CC1. The Morgan fingerprint density at radius 1 is 0.946 bits per heavy atom. The number of benzene rings is 2. The smallest absolute Gasteiger partial charge is 0.254 e. The van der Waals surface area contributed by atoms with E-state index < -0.39 is 6.04 Å². The van der Waals surface area contributed by atoms with Crippen molar-refractivity contribution in [3.8, 4) is 0 Å². The van der Waals surface area contributed by atoms with Gasteiger partial charge in [-0.05, 0) is 48.1 Å². The summed E-state index contributed by atoms with van der Waals surface area (Å²) in [6.07, 6.45) is 3.43. The molecular weight excluding hydrogens is 468 g/mol. The van der Waals surface area contributed by atoms with Crippen LogP contribution in [0.3, 0.4) is 0 Å². The van der Waals surface area contributed by atoms with Crippen molar-refractivity contribution in [3.05, 3.63) is 60.7 Å². The highest BCUT2D eigenvalue weighted by atomic mass is 16.2. The van der Waals surface area contributed by atoms with Crippen LogP contribution in [-0.4, -0.2) is 72.2 Å². The van der Waals surface area contributed by atoms with Crippen molar-refractivity contribution in [3.63, 3.8) is 0 Å². The zero-order valence-electron chi connectivity index (χ0n) is 21.9. The molecule has 4 amide bonds. The lowest BCUT2D eigenvalue weighted by molar-refractivity contribution is -0.138. The molecule has 3 rings (SSSR count). The van der Waals surface area contributed by atoms with E-state index in [0.717, 1.165) is 10.8 Å². The number of hydrogen-bond donors (Lipinski definition) is 2. The lowest BCUT2D eigenvalue weighted by Gasteiger charge is -2.36. The summed E-state index contributed by atoms with van der Waals surface area (Å²) in [4.78, 5) is 54.0. The largest absolute Gasteiger partial charge is 0.353 e. The molecule has 37 heavy (non-hydrogen) atoms. The first-order valence-electron chi connectivity index (χ1n) is 13.1. The molecule has 0 radical (unpaired) electrons. The van der Waals surface area contributed by atoms with E-state index in [2.05, 4.69) is 17.2 Å². The molecule has 1 atom stereocenters. The Hall–Kier alpha value is -3.68. The van der Waals surface area contributed by atoms with Crippen LogP contribution < -0.4 is 10.6 Å².